The van der Waals surface area contributed by atoms with Crippen molar-refractivity contribution in [3.05, 3.63) is 29.0 Å². The second-order valence-corrected chi connectivity index (χ2v) is 3.97. The summed E-state index contributed by atoms with van der Waals surface area (Å²) in [5.41, 5.74) is 5.55. The smallest absolute Gasteiger partial charge is 0.126 e. The second kappa shape index (κ2) is 2.61. The van der Waals surface area contributed by atoms with Gasteiger partial charge in [0.2, 0.25) is 0 Å². The summed E-state index contributed by atoms with van der Waals surface area (Å²) in [6, 6.07) is 4.47. The van der Waals surface area contributed by atoms with Crippen LogP contribution >= 0.6 is 22.9 Å². The molecule has 2 rings (SSSR count). The lowest BCUT2D eigenvalue weighted by Gasteiger charge is -1.92. The molecule has 2 N–H and O–H groups in total. The van der Waals surface area contributed by atoms with E-state index in [0.717, 1.165) is 10.1 Å². The van der Waals surface area contributed by atoms with Crippen molar-refractivity contribution in [3.63, 3.8) is 0 Å². The van der Waals surface area contributed by atoms with Crippen LogP contribution in [0.2, 0.25) is 5.02 Å². The van der Waals surface area contributed by atoms with E-state index >= 15 is 0 Å². The standard InChI is InChI=1S/C8H5ClFNS/c9-6-1-4(10)2-7-5(6)3-8(11)12-7/h1-3H,11H2. The Labute approximate surface area is 77.6 Å². The Morgan fingerprint density at radius 1 is 1.33 bits per heavy atom. The van der Waals surface area contributed by atoms with Crippen LogP contribution in [0.15, 0.2) is 18.2 Å². The molecule has 0 saturated heterocycles. The average molecular weight is 202 g/mol. The summed E-state index contributed by atoms with van der Waals surface area (Å²) in [6.07, 6.45) is 0. The zero-order valence-corrected chi connectivity index (χ0v) is 7.55. The number of hydrogen-bond donors (Lipinski definition) is 1. The van der Waals surface area contributed by atoms with Crippen LogP contribution in [0.5, 0.6) is 0 Å². The Balaban J connectivity index is 2.88. The van der Waals surface area contributed by atoms with Gasteiger partial charge in [-0.05, 0) is 18.2 Å². The zero-order valence-electron chi connectivity index (χ0n) is 5.97. The monoisotopic (exact) mass is 201 g/mol. The molecule has 2 aromatic rings. The Bertz CT molecular complexity index is 438. The van der Waals surface area contributed by atoms with Gasteiger partial charge in [0.25, 0.3) is 0 Å². The van der Waals surface area contributed by atoms with Crippen LogP contribution in [0.3, 0.4) is 0 Å². The maximum atomic E-state index is 12.8. The molecule has 12 heavy (non-hydrogen) atoms. The number of hydrogen-bond acceptors (Lipinski definition) is 2. The minimum Gasteiger partial charge on any atom is -0.391 e. The number of fused-ring (bicyclic) bond motifs is 1. The first kappa shape index (κ1) is 7.83. The summed E-state index contributed by atoms with van der Waals surface area (Å²) >= 11 is 7.12. The summed E-state index contributed by atoms with van der Waals surface area (Å²) in [7, 11) is 0. The lowest BCUT2D eigenvalue weighted by Crippen LogP contribution is -1.73. The van der Waals surface area contributed by atoms with E-state index in [1.807, 2.05) is 0 Å². The molecule has 1 heterocycles. The number of rotatable bonds is 0. The molecule has 0 atom stereocenters. The molecule has 1 aromatic carbocycles. The maximum absolute atomic E-state index is 12.8. The Kier molecular flexibility index (Phi) is 1.70. The summed E-state index contributed by atoms with van der Waals surface area (Å²) in [5, 5.41) is 1.89. The van der Waals surface area contributed by atoms with Crippen LogP contribution in [0.25, 0.3) is 10.1 Å². The van der Waals surface area contributed by atoms with Crippen LogP contribution in [0.4, 0.5) is 9.39 Å². The molecule has 0 aliphatic rings. The van der Waals surface area contributed by atoms with Crippen molar-refractivity contribution in [2.75, 3.05) is 5.73 Å². The number of nitrogen functional groups attached to an aromatic ring is 1. The van der Waals surface area contributed by atoms with E-state index in [0.29, 0.717) is 10.0 Å². The molecular formula is C8H5ClFNS. The summed E-state index contributed by atoms with van der Waals surface area (Å²) < 4.78 is 13.6. The first-order valence-electron chi connectivity index (χ1n) is 3.31. The molecule has 0 aliphatic carbocycles. The highest BCUT2D eigenvalue weighted by Crippen LogP contribution is 2.33. The molecule has 0 unspecified atom stereocenters. The predicted octanol–water partition coefficient (Wildman–Crippen LogP) is 3.28. The van der Waals surface area contributed by atoms with Crippen LogP contribution in [-0.2, 0) is 0 Å². The second-order valence-electron chi connectivity index (χ2n) is 2.45. The van der Waals surface area contributed by atoms with Gasteiger partial charge in [-0.3, -0.25) is 0 Å². The van der Waals surface area contributed by atoms with E-state index in [-0.39, 0.29) is 5.82 Å². The fourth-order valence-electron chi connectivity index (χ4n) is 1.08. The summed E-state index contributed by atoms with van der Waals surface area (Å²) in [4.78, 5) is 0. The molecular weight excluding hydrogens is 197 g/mol. The number of halogens is 2. The molecule has 0 fully saturated rings. The first-order chi connectivity index (χ1) is 5.66. The highest BCUT2D eigenvalue weighted by molar-refractivity contribution is 7.22. The number of benzene rings is 1. The lowest BCUT2D eigenvalue weighted by molar-refractivity contribution is 0.630. The first-order valence-corrected chi connectivity index (χ1v) is 4.50. The molecule has 0 saturated carbocycles. The van der Waals surface area contributed by atoms with E-state index < -0.39 is 0 Å². The number of nitrogens with two attached hydrogens (primary N) is 1. The molecule has 0 radical (unpaired) electrons. The van der Waals surface area contributed by atoms with Gasteiger partial charge in [-0.2, -0.15) is 0 Å². The van der Waals surface area contributed by atoms with Gasteiger partial charge in [-0.25, -0.2) is 4.39 Å². The van der Waals surface area contributed by atoms with E-state index in [2.05, 4.69) is 0 Å². The molecule has 0 aliphatic heterocycles. The van der Waals surface area contributed by atoms with Crippen molar-refractivity contribution in [1.82, 2.24) is 0 Å². The van der Waals surface area contributed by atoms with E-state index in [1.54, 1.807) is 6.07 Å². The number of thiophene rings is 1. The van der Waals surface area contributed by atoms with Gasteiger partial charge in [0.1, 0.15) is 5.82 Å². The zero-order chi connectivity index (χ0) is 8.72. The van der Waals surface area contributed by atoms with Gasteiger partial charge in [0.05, 0.1) is 10.0 Å². The summed E-state index contributed by atoms with van der Waals surface area (Å²) in [6.45, 7) is 0. The molecule has 1 nitrogen and oxygen atoms in total. The van der Waals surface area contributed by atoms with E-state index in [4.69, 9.17) is 17.3 Å². The van der Waals surface area contributed by atoms with Gasteiger partial charge in [-0.15, -0.1) is 11.3 Å². The summed E-state index contributed by atoms with van der Waals surface area (Å²) in [5.74, 6) is -0.325. The Morgan fingerprint density at radius 3 is 2.83 bits per heavy atom. The average Bonchev–Trinajstić information content (AvgIpc) is 2.29. The predicted molar refractivity (Wildman–Crippen MR) is 51.2 cm³/mol. The van der Waals surface area contributed by atoms with Gasteiger partial charge in [0.15, 0.2) is 0 Å². The Hall–Kier alpha value is -0.800. The topological polar surface area (TPSA) is 26.0 Å². The van der Waals surface area contributed by atoms with Crippen molar-refractivity contribution in [2.45, 2.75) is 0 Å². The highest BCUT2D eigenvalue weighted by atomic mass is 35.5. The molecule has 0 amide bonds. The fraction of sp³-hybridized carbons (Fsp3) is 0. The largest absolute Gasteiger partial charge is 0.391 e. The third-order valence-electron chi connectivity index (χ3n) is 1.57. The molecule has 4 heteroatoms. The van der Waals surface area contributed by atoms with Crippen molar-refractivity contribution in [1.29, 1.82) is 0 Å². The van der Waals surface area contributed by atoms with E-state index in [9.17, 15) is 4.39 Å². The maximum Gasteiger partial charge on any atom is 0.126 e. The SMILES string of the molecule is Nc1cc2c(Cl)cc(F)cc2s1. The molecule has 62 valence electrons. The van der Waals surface area contributed by atoms with Crippen molar-refractivity contribution in [2.24, 2.45) is 0 Å². The van der Waals surface area contributed by atoms with Gasteiger partial charge < -0.3 is 5.73 Å². The molecule has 0 spiro atoms. The highest BCUT2D eigenvalue weighted by Gasteiger charge is 2.04. The third-order valence-corrected chi connectivity index (χ3v) is 2.79. The molecule has 1 aromatic heterocycles. The van der Waals surface area contributed by atoms with Gasteiger partial charge in [0, 0.05) is 10.1 Å². The third kappa shape index (κ3) is 1.15. The normalized spacial score (nSPS) is 10.8. The van der Waals surface area contributed by atoms with Crippen LogP contribution in [0, 0.1) is 5.82 Å². The quantitative estimate of drug-likeness (QED) is 0.696. The fourth-order valence-corrected chi connectivity index (χ4v) is 2.28. The van der Waals surface area contributed by atoms with Crippen molar-refractivity contribution >= 4 is 38.0 Å². The van der Waals surface area contributed by atoms with Crippen molar-refractivity contribution in [3.8, 4) is 0 Å². The van der Waals surface area contributed by atoms with Gasteiger partial charge >= 0.3 is 0 Å². The van der Waals surface area contributed by atoms with Crippen molar-refractivity contribution < 1.29 is 4.39 Å². The lowest BCUT2D eigenvalue weighted by atomic mass is 10.2. The van der Waals surface area contributed by atoms with Crippen LogP contribution in [0.1, 0.15) is 0 Å². The van der Waals surface area contributed by atoms with Crippen LogP contribution < -0.4 is 5.73 Å². The Morgan fingerprint density at radius 2 is 2.08 bits per heavy atom. The minimum absolute atomic E-state index is 0.325. The van der Waals surface area contributed by atoms with Crippen LogP contribution in [-0.4, -0.2) is 0 Å². The van der Waals surface area contributed by atoms with Gasteiger partial charge in [-0.1, -0.05) is 11.6 Å². The number of anilines is 1. The van der Waals surface area contributed by atoms with E-state index in [1.165, 1.54) is 23.5 Å². The minimum atomic E-state index is -0.325. The molecule has 0 bridgehead atoms.